The molecular weight excluding hydrogens is 490 g/mol. The van der Waals surface area contributed by atoms with Crippen LogP contribution in [0, 0.1) is 0 Å². The average molecular weight is 502 g/mol. The van der Waals surface area contributed by atoms with E-state index in [1.54, 1.807) is 18.2 Å². The Morgan fingerprint density at radius 1 is 0.697 bits per heavy atom. The van der Waals surface area contributed by atoms with Crippen molar-refractivity contribution in [3.8, 4) is 5.75 Å². The Balaban J connectivity index is 0.00000193. The summed E-state index contributed by atoms with van der Waals surface area (Å²) in [6.07, 6.45) is 0. The molecule has 4 aromatic carbocycles. The minimum atomic E-state index is -4.70. The number of fused-ring (bicyclic) bond motifs is 2. The van der Waals surface area contributed by atoms with Gasteiger partial charge in [0.2, 0.25) is 0 Å². The molecule has 0 fully saturated rings. The van der Waals surface area contributed by atoms with Gasteiger partial charge in [0.05, 0.1) is 15.5 Å². The largest absolute Gasteiger partial charge is 1.00 e. The molecule has 0 aliphatic rings. The molecule has 0 amide bonds. The number of hydrogen-bond donors (Lipinski definition) is 1. The Morgan fingerprint density at radius 3 is 2.00 bits per heavy atom. The molecule has 1 N–H and O–H groups in total. The molecule has 0 saturated heterocycles. The first-order valence-corrected chi connectivity index (χ1v) is 11.5. The van der Waals surface area contributed by atoms with Crippen LogP contribution in [0.3, 0.4) is 0 Å². The third-order valence-electron chi connectivity index (χ3n) is 4.62. The Hall–Kier alpha value is -1.38. The summed E-state index contributed by atoms with van der Waals surface area (Å²) < 4.78 is 68.3. The minimum absolute atomic E-state index is 0. The van der Waals surface area contributed by atoms with Crippen molar-refractivity contribution in [3.05, 3.63) is 66.7 Å². The van der Waals surface area contributed by atoms with Gasteiger partial charge in [-0.3, -0.25) is 0 Å². The van der Waals surface area contributed by atoms with E-state index in [9.17, 15) is 31.0 Å². The van der Waals surface area contributed by atoms with Gasteiger partial charge in [0.25, 0.3) is 0 Å². The third-order valence-corrected chi connectivity index (χ3v) is 6.34. The number of phenolic OH excluding ortho intramolecular Hbond substituents is 1. The quantitative estimate of drug-likeness (QED) is 0.191. The van der Waals surface area contributed by atoms with Crippen LogP contribution < -0.4 is 59.1 Å². The van der Waals surface area contributed by atoms with Gasteiger partial charge >= 0.3 is 59.1 Å². The van der Waals surface area contributed by atoms with Crippen LogP contribution in [-0.2, 0) is 20.2 Å². The zero-order valence-electron chi connectivity index (χ0n) is 17.5. The van der Waals surface area contributed by atoms with E-state index in [4.69, 9.17) is 0 Å². The summed E-state index contributed by atoms with van der Waals surface area (Å²) in [6, 6.07) is 15.0. The van der Waals surface area contributed by atoms with Gasteiger partial charge in [-0.1, -0.05) is 36.4 Å². The molecule has 0 bridgehead atoms. The van der Waals surface area contributed by atoms with Gasteiger partial charge in [0.15, 0.2) is 0 Å². The van der Waals surface area contributed by atoms with Crippen molar-refractivity contribution >= 4 is 53.2 Å². The molecule has 158 valence electrons. The van der Waals surface area contributed by atoms with Crippen LogP contribution in [0.5, 0.6) is 5.75 Å². The van der Waals surface area contributed by atoms with Crippen LogP contribution in [0.1, 0.15) is 0 Å². The third kappa shape index (κ3) is 5.82. The van der Waals surface area contributed by atoms with Crippen molar-refractivity contribution in [1.29, 1.82) is 0 Å². The molecule has 0 saturated carbocycles. The van der Waals surface area contributed by atoms with E-state index in [1.165, 1.54) is 36.4 Å². The van der Waals surface area contributed by atoms with Crippen LogP contribution in [0.15, 0.2) is 86.7 Å². The number of azo groups is 1. The Kier molecular flexibility index (Phi) is 8.85. The topological polar surface area (TPSA) is 159 Å². The van der Waals surface area contributed by atoms with Crippen molar-refractivity contribution in [2.45, 2.75) is 9.79 Å². The number of aromatic hydroxyl groups is 1. The van der Waals surface area contributed by atoms with E-state index in [-0.39, 0.29) is 86.5 Å². The Morgan fingerprint density at radius 2 is 1.36 bits per heavy atom. The molecular formula is C20H12N2Na2O7S2. The first-order chi connectivity index (χ1) is 14.6. The molecule has 0 aliphatic carbocycles. The summed E-state index contributed by atoms with van der Waals surface area (Å²) in [5.74, 6) is -0.239. The number of hydrogen-bond acceptors (Lipinski definition) is 9. The molecule has 0 spiro atoms. The molecule has 0 unspecified atom stereocenters. The van der Waals surface area contributed by atoms with E-state index < -0.39 is 25.1 Å². The van der Waals surface area contributed by atoms with Crippen molar-refractivity contribution in [2.75, 3.05) is 0 Å². The van der Waals surface area contributed by atoms with Crippen molar-refractivity contribution < 1.29 is 90.2 Å². The molecule has 33 heavy (non-hydrogen) atoms. The number of benzene rings is 4. The molecule has 0 heterocycles. The SMILES string of the molecule is O=S(=O)([O-])c1ccc2c(N=Nc3ccc(S(=O)(=O)[O-])c4ccccc34)c(O)ccc2c1.[Na+].[Na+]. The first-order valence-electron chi connectivity index (χ1n) is 8.67. The summed E-state index contributed by atoms with van der Waals surface area (Å²) >= 11 is 0. The molecule has 4 rings (SSSR count). The predicted molar refractivity (Wildman–Crippen MR) is 110 cm³/mol. The van der Waals surface area contributed by atoms with Gasteiger partial charge in [-0.05, 0) is 35.7 Å². The second-order valence-electron chi connectivity index (χ2n) is 6.55. The van der Waals surface area contributed by atoms with Crippen LogP contribution in [0.4, 0.5) is 11.4 Å². The van der Waals surface area contributed by atoms with Crippen LogP contribution in [-0.4, -0.2) is 31.0 Å². The first kappa shape index (κ1) is 27.9. The fourth-order valence-electron chi connectivity index (χ4n) is 3.21. The second-order valence-corrected chi connectivity index (χ2v) is 9.28. The smallest absolute Gasteiger partial charge is 0.744 e. The molecule has 0 atom stereocenters. The molecule has 0 aliphatic heterocycles. The summed E-state index contributed by atoms with van der Waals surface area (Å²) in [7, 11) is -9.36. The maximum Gasteiger partial charge on any atom is 1.00 e. The maximum atomic E-state index is 11.5. The summed E-state index contributed by atoms with van der Waals surface area (Å²) in [6.45, 7) is 0. The summed E-state index contributed by atoms with van der Waals surface area (Å²) in [4.78, 5) is -0.810. The fourth-order valence-corrected chi connectivity index (χ4v) is 4.39. The molecule has 0 radical (unpaired) electrons. The van der Waals surface area contributed by atoms with Crippen LogP contribution in [0.25, 0.3) is 21.5 Å². The van der Waals surface area contributed by atoms with Gasteiger partial charge in [0.1, 0.15) is 31.7 Å². The van der Waals surface area contributed by atoms with E-state index in [1.807, 2.05) is 0 Å². The van der Waals surface area contributed by atoms with E-state index in [2.05, 4.69) is 10.2 Å². The van der Waals surface area contributed by atoms with E-state index in [0.717, 1.165) is 12.1 Å². The van der Waals surface area contributed by atoms with Gasteiger partial charge in [-0.2, -0.15) is 0 Å². The van der Waals surface area contributed by atoms with Crippen LogP contribution >= 0.6 is 0 Å². The normalized spacial score (nSPS) is 11.9. The number of rotatable bonds is 4. The molecule has 13 heteroatoms. The van der Waals surface area contributed by atoms with Crippen LogP contribution in [0.2, 0.25) is 0 Å². The molecule has 4 aromatic rings. The van der Waals surface area contributed by atoms with Gasteiger partial charge in [0, 0.05) is 16.2 Å². The Bertz CT molecular complexity index is 1610. The zero-order chi connectivity index (χ0) is 22.4. The van der Waals surface area contributed by atoms with E-state index in [0.29, 0.717) is 16.2 Å². The predicted octanol–water partition coefficient (Wildman–Crippen LogP) is -2.07. The minimum Gasteiger partial charge on any atom is -0.744 e. The molecule has 0 aromatic heterocycles. The van der Waals surface area contributed by atoms with Crippen molar-refractivity contribution in [1.82, 2.24) is 0 Å². The number of nitrogens with zero attached hydrogens (tertiary/aromatic N) is 2. The summed E-state index contributed by atoms with van der Waals surface area (Å²) in [5.41, 5.74) is 0.273. The summed E-state index contributed by atoms with van der Waals surface area (Å²) in [5, 5.41) is 19.6. The number of phenols is 1. The van der Waals surface area contributed by atoms with Gasteiger partial charge < -0.3 is 14.2 Å². The maximum absolute atomic E-state index is 11.5. The molecule has 9 nitrogen and oxygen atoms in total. The standard InChI is InChI=1S/C20H14N2O7S2.2Na/c23-18-9-5-12-11-13(30(24,25)26)6-7-14(12)20(18)22-21-17-8-10-19(31(27,28)29)16-4-2-1-3-15(16)17;;/h1-11,23H,(H,24,25,26)(H,27,28,29);;/q;2*+1/p-2. The fraction of sp³-hybridized carbons (Fsp3) is 0. The second kappa shape index (κ2) is 10.5. The van der Waals surface area contributed by atoms with Crippen molar-refractivity contribution in [2.24, 2.45) is 10.2 Å². The van der Waals surface area contributed by atoms with Gasteiger partial charge in [-0.25, -0.2) is 16.8 Å². The van der Waals surface area contributed by atoms with E-state index >= 15 is 0 Å². The zero-order valence-corrected chi connectivity index (χ0v) is 23.1. The van der Waals surface area contributed by atoms with Gasteiger partial charge in [-0.15, -0.1) is 10.2 Å². The monoisotopic (exact) mass is 502 g/mol. The van der Waals surface area contributed by atoms with Crippen molar-refractivity contribution in [3.63, 3.8) is 0 Å². The average Bonchev–Trinajstić information content (AvgIpc) is 2.71. The Labute approximate surface area is 233 Å².